The first-order valence-electron chi connectivity index (χ1n) is 7.07. The largest absolute Gasteiger partial charge is 0.326 e. The summed E-state index contributed by atoms with van der Waals surface area (Å²) in [5, 5.41) is 11.3. The van der Waals surface area contributed by atoms with E-state index < -0.39 is 10.0 Å². The van der Waals surface area contributed by atoms with Gasteiger partial charge in [0.2, 0.25) is 15.9 Å². The molecular weight excluding hydrogens is 290 g/mol. The first-order chi connectivity index (χ1) is 9.90. The molecular formula is C14H19N3O3S. The minimum atomic E-state index is -3.53. The third-order valence-corrected chi connectivity index (χ3v) is 4.96. The van der Waals surface area contributed by atoms with Crippen LogP contribution in [0.15, 0.2) is 24.3 Å². The second-order valence-electron chi connectivity index (χ2n) is 5.88. The summed E-state index contributed by atoms with van der Waals surface area (Å²) >= 11 is 0. The summed E-state index contributed by atoms with van der Waals surface area (Å²) in [6.45, 7) is 0. The highest BCUT2D eigenvalue weighted by Gasteiger charge is 2.42. The van der Waals surface area contributed by atoms with Gasteiger partial charge in [-0.3, -0.25) is 4.79 Å². The molecule has 2 bridgehead atoms. The van der Waals surface area contributed by atoms with Crippen molar-refractivity contribution in [3.8, 4) is 0 Å². The summed E-state index contributed by atoms with van der Waals surface area (Å²) in [7, 11) is -3.53. The molecule has 4 N–H and O–H groups in total. The van der Waals surface area contributed by atoms with E-state index in [4.69, 9.17) is 5.14 Å². The molecule has 6 nitrogen and oxygen atoms in total. The molecule has 1 aromatic carbocycles. The molecule has 0 aromatic heterocycles. The van der Waals surface area contributed by atoms with Gasteiger partial charge in [0.05, 0.1) is 11.7 Å². The number of fused-ring (bicyclic) bond motifs is 2. The van der Waals surface area contributed by atoms with Gasteiger partial charge in [0.1, 0.15) is 0 Å². The predicted molar refractivity (Wildman–Crippen MR) is 79.9 cm³/mol. The van der Waals surface area contributed by atoms with Crippen molar-refractivity contribution in [2.24, 2.45) is 11.1 Å². The number of anilines is 1. The molecule has 1 aromatic rings. The van der Waals surface area contributed by atoms with E-state index in [9.17, 15) is 13.2 Å². The Balaban J connectivity index is 1.61. The zero-order valence-electron chi connectivity index (χ0n) is 11.6. The van der Waals surface area contributed by atoms with Gasteiger partial charge in [-0.25, -0.2) is 13.6 Å². The average molecular weight is 309 g/mol. The summed E-state index contributed by atoms with van der Waals surface area (Å²) < 4.78 is 22.0. The number of nitrogens with two attached hydrogens (primary N) is 1. The van der Waals surface area contributed by atoms with Gasteiger partial charge < -0.3 is 10.6 Å². The van der Waals surface area contributed by atoms with Crippen molar-refractivity contribution in [3.05, 3.63) is 29.8 Å². The SMILES string of the molecule is NS(=O)(=O)Cc1ccc(NC(=O)C2CC3CCC2N3)cc1. The van der Waals surface area contributed by atoms with Crippen LogP contribution < -0.4 is 15.8 Å². The highest BCUT2D eigenvalue weighted by molar-refractivity contribution is 7.88. The fraction of sp³-hybridized carbons (Fsp3) is 0.500. The second-order valence-corrected chi connectivity index (χ2v) is 7.50. The van der Waals surface area contributed by atoms with Crippen LogP contribution in [0.3, 0.4) is 0 Å². The van der Waals surface area contributed by atoms with Crippen LogP contribution in [-0.4, -0.2) is 26.4 Å². The fourth-order valence-electron chi connectivity index (χ4n) is 3.27. The first-order valence-corrected chi connectivity index (χ1v) is 8.78. The Morgan fingerprint density at radius 1 is 1.29 bits per heavy atom. The van der Waals surface area contributed by atoms with Crippen LogP contribution in [0.2, 0.25) is 0 Å². The lowest BCUT2D eigenvalue weighted by atomic mass is 9.88. The van der Waals surface area contributed by atoms with Gasteiger partial charge in [0.25, 0.3) is 0 Å². The van der Waals surface area contributed by atoms with Crippen molar-refractivity contribution in [2.45, 2.75) is 37.1 Å². The predicted octanol–water partition coefficient (Wildman–Crippen LogP) is 0.554. The molecule has 3 unspecified atom stereocenters. The van der Waals surface area contributed by atoms with Crippen molar-refractivity contribution in [1.82, 2.24) is 5.32 Å². The normalized spacial score (nSPS) is 27.8. The van der Waals surface area contributed by atoms with E-state index in [1.807, 2.05) is 0 Å². The molecule has 0 saturated carbocycles. The van der Waals surface area contributed by atoms with Crippen LogP contribution in [0, 0.1) is 5.92 Å². The zero-order chi connectivity index (χ0) is 15.0. The maximum atomic E-state index is 12.3. The van der Waals surface area contributed by atoms with Crippen LogP contribution >= 0.6 is 0 Å². The van der Waals surface area contributed by atoms with E-state index in [1.165, 1.54) is 0 Å². The average Bonchev–Trinajstić information content (AvgIpc) is 3.01. The van der Waals surface area contributed by atoms with Gasteiger partial charge in [-0.1, -0.05) is 12.1 Å². The van der Waals surface area contributed by atoms with E-state index in [1.54, 1.807) is 24.3 Å². The highest BCUT2D eigenvalue weighted by atomic mass is 32.2. The summed E-state index contributed by atoms with van der Waals surface area (Å²) in [6, 6.07) is 7.54. The van der Waals surface area contributed by atoms with E-state index >= 15 is 0 Å². The van der Waals surface area contributed by atoms with Crippen LogP contribution in [-0.2, 0) is 20.6 Å². The standard InChI is InChI=1S/C14H19N3O3S/c15-21(19,20)8-9-1-3-10(4-2-9)17-14(18)12-7-11-5-6-13(12)16-11/h1-4,11-13,16H,5-8H2,(H,17,18)(H2,15,19,20). The summed E-state index contributed by atoms with van der Waals surface area (Å²) in [5.41, 5.74) is 1.29. The Morgan fingerprint density at radius 2 is 2.00 bits per heavy atom. The minimum absolute atomic E-state index is 0.0350. The molecule has 2 heterocycles. The molecule has 0 spiro atoms. The minimum Gasteiger partial charge on any atom is -0.326 e. The number of benzene rings is 1. The van der Waals surface area contributed by atoms with Gasteiger partial charge in [0, 0.05) is 17.8 Å². The number of carbonyl (C=O) groups excluding carboxylic acids is 1. The van der Waals surface area contributed by atoms with E-state index in [0.717, 1.165) is 19.3 Å². The molecule has 2 aliphatic heterocycles. The second kappa shape index (κ2) is 5.40. The Kier molecular flexibility index (Phi) is 3.73. The summed E-state index contributed by atoms with van der Waals surface area (Å²) in [6.07, 6.45) is 3.13. The van der Waals surface area contributed by atoms with Gasteiger partial charge >= 0.3 is 0 Å². The number of carbonyl (C=O) groups is 1. The lowest BCUT2D eigenvalue weighted by Crippen LogP contribution is -2.32. The third-order valence-electron chi connectivity index (χ3n) is 4.23. The molecule has 3 atom stereocenters. The number of amides is 1. The monoisotopic (exact) mass is 309 g/mol. The molecule has 2 aliphatic rings. The van der Waals surface area contributed by atoms with E-state index in [0.29, 0.717) is 23.3 Å². The topological polar surface area (TPSA) is 101 Å². The molecule has 0 radical (unpaired) electrons. The van der Waals surface area contributed by atoms with Gasteiger partial charge in [-0.15, -0.1) is 0 Å². The number of sulfonamides is 1. The summed E-state index contributed by atoms with van der Waals surface area (Å²) in [5.74, 6) is -0.126. The van der Waals surface area contributed by atoms with Crippen LogP contribution in [0.4, 0.5) is 5.69 Å². The summed E-state index contributed by atoms with van der Waals surface area (Å²) in [4.78, 5) is 12.3. The molecule has 21 heavy (non-hydrogen) atoms. The lowest BCUT2D eigenvalue weighted by molar-refractivity contribution is -0.120. The molecule has 3 rings (SSSR count). The Hall–Kier alpha value is -1.44. The number of hydrogen-bond donors (Lipinski definition) is 3. The van der Waals surface area contributed by atoms with Crippen LogP contribution in [0.1, 0.15) is 24.8 Å². The molecule has 0 aliphatic carbocycles. The quantitative estimate of drug-likeness (QED) is 0.756. The maximum absolute atomic E-state index is 12.3. The molecule has 7 heteroatoms. The number of rotatable bonds is 4. The highest BCUT2D eigenvalue weighted by Crippen LogP contribution is 2.33. The lowest BCUT2D eigenvalue weighted by Gasteiger charge is -2.19. The third kappa shape index (κ3) is 3.42. The first kappa shape index (κ1) is 14.5. The number of hydrogen-bond acceptors (Lipinski definition) is 4. The van der Waals surface area contributed by atoms with E-state index in [-0.39, 0.29) is 17.6 Å². The van der Waals surface area contributed by atoms with Crippen LogP contribution in [0.25, 0.3) is 0 Å². The van der Waals surface area contributed by atoms with Crippen molar-refractivity contribution >= 4 is 21.6 Å². The van der Waals surface area contributed by atoms with Crippen molar-refractivity contribution in [2.75, 3.05) is 5.32 Å². The number of nitrogens with one attached hydrogen (secondary N) is 2. The Labute approximate surface area is 124 Å². The fourth-order valence-corrected chi connectivity index (χ4v) is 3.92. The zero-order valence-corrected chi connectivity index (χ0v) is 12.4. The van der Waals surface area contributed by atoms with Gasteiger partial charge in [-0.2, -0.15) is 0 Å². The van der Waals surface area contributed by atoms with Crippen LogP contribution in [0.5, 0.6) is 0 Å². The van der Waals surface area contributed by atoms with Crippen molar-refractivity contribution in [3.63, 3.8) is 0 Å². The maximum Gasteiger partial charge on any atom is 0.229 e. The Bertz CT molecular complexity index is 642. The van der Waals surface area contributed by atoms with Gasteiger partial charge in [-0.05, 0) is 37.0 Å². The van der Waals surface area contributed by atoms with Crippen molar-refractivity contribution < 1.29 is 13.2 Å². The van der Waals surface area contributed by atoms with Gasteiger partial charge in [0.15, 0.2) is 0 Å². The smallest absolute Gasteiger partial charge is 0.229 e. The van der Waals surface area contributed by atoms with E-state index in [2.05, 4.69) is 10.6 Å². The number of primary sulfonamides is 1. The Morgan fingerprint density at radius 3 is 2.52 bits per heavy atom. The molecule has 114 valence electrons. The molecule has 1 amide bonds. The molecule has 2 fully saturated rings. The molecule has 2 saturated heterocycles. The van der Waals surface area contributed by atoms with Crippen molar-refractivity contribution in [1.29, 1.82) is 0 Å².